The zero-order valence-corrected chi connectivity index (χ0v) is 13.9. The highest BCUT2D eigenvalue weighted by Gasteiger charge is 2.36. The van der Waals surface area contributed by atoms with E-state index in [1.165, 1.54) is 32.1 Å². The van der Waals surface area contributed by atoms with Crippen molar-refractivity contribution in [2.75, 3.05) is 13.1 Å². The molecule has 1 aliphatic heterocycles. The molecule has 1 aromatic carbocycles. The van der Waals surface area contributed by atoms with E-state index < -0.39 is 0 Å². The fraction of sp³-hybridized carbons (Fsp3) is 0.650. The molecule has 1 amide bonds. The summed E-state index contributed by atoms with van der Waals surface area (Å²) in [5, 5.41) is 3.95. The van der Waals surface area contributed by atoms with Gasteiger partial charge in [-0.2, -0.15) is 0 Å². The fourth-order valence-electron chi connectivity index (χ4n) is 4.93. The number of piperidine rings is 1. The van der Waals surface area contributed by atoms with Crippen molar-refractivity contribution in [2.45, 2.75) is 57.0 Å². The van der Waals surface area contributed by atoms with Crippen molar-refractivity contribution in [3.05, 3.63) is 35.9 Å². The molecule has 0 radical (unpaired) electrons. The molecule has 3 heteroatoms. The second kappa shape index (κ2) is 6.64. The Morgan fingerprint density at radius 3 is 2.48 bits per heavy atom. The van der Waals surface area contributed by atoms with Crippen molar-refractivity contribution >= 4 is 5.91 Å². The lowest BCUT2D eigenvalue weighted by molar-refractivity contribution is 0.0695. The van der Waals surface area contributed by atoms with Gasteiger partial charge in [-0.3, -0.25) is 4.79 Å². The van der Waals surface area contributed by atoms with Crippen LogP contribution in [0.4, 0.5) is 0 Å². The average molecular weight is 312 g/mol. The van der Waals surface area contributed by atoms with Crippen LogP contribution in [-0.4, -0.2) is 36.0 Å². The smallest absolute Gasteiger partial charge is 0.253 e. The third kappa shape index (κ3) is 3.30. The minimum Gasteiger partial charge on any atom is -0.339 e. The maximum Gasteiger partial charge on any atom is 0.253 e. The molecule has 2 aliphatic carbocycles. The number of hydrogen-bond donors (Lipinski definition) is 1. The Morgan fingerprint density at radius 1 is 0.957 bits per heavy atom. The quantitative estimate of drug-likeness (QED) is 0.927. The standard InChI is InChI=1S/C20H28N2O/c23-20(16-4-2-1-3-5-16)22-12-10-18(11-13-22)21-19-9-7-15-6-8-17(19)14-15/h1-5,15,17-19,21H,6-14H2. The Kier molecular flexibility index (Phi) is 4.39. The molecule has 124 valence electrons. The van der Waals surface area contributed by atoms with Crippen molar-refractivity contribution in [1.82, 2.24) is 10.2 Å². The normalized spacial score (nSPS) is 31.3. The zero-order chi connectivity index (χ0) is 15.6. The van der Waals surface area contributed by atoms with Gasteiger partial charge in [-0.1, -0.05) is 24.6 Å². The summed E-state index contributed by atoms with van der Waals surface area (Å²) < 4.78 is 0. The third-order valence-electron chi connectivity index (χ3n) is 6.29. The summed E-state index contributed by atoms with van der Waals surface area (Å²) in [5.74, 6) is 2.15. The van der Waals surface area contributed by atoms with Crippen molar-refractivity contribution in [3.63, 3.8) is 0 Å². The van der Waals surface area contributed by atoms with Gasteiger partial charge in [0.25, 0.3) is 5.91 Å². The Morgan fingerprint density at radius 2 is 1.70 bits per heavy atom. The van der Waals surface area contributed by atoms with Crippen LogP contribution in [0, 0.1) is 11.8 Å². The minimum atomic E-state index is 0.195. The highest BCUT2D eigenvalue weighted by atomic mass is 16.2. The number of carbonyl (C=O) groups is 1. The predicted octanol–water partition coefficient (Wildman–Crippen LogP) is 3.46. The van der Waals surface area contributed by atoms with E-state index in [1.54, 1.807) is 0 Å². The highest BCUT2D eigenvalue weighted by Crippen LogP contribution is 2.42. The Labute approximate surface area is 139 Å². The van der Waals surface area contributed by atoms with Gasteiger partial charge in [0.05, 0.1) is 0 Å². The van der Waals surface area contributed by atoms with Crippen LogP contribution in [0.3, 0.4) is 0 Å². The molecule has 2 bridgehead atoms. The van der Waals surface area contributed by atoms with Crippen LogP contribution in [-0.2, 0) is 0 Å². The van der Waals surface area contributed by atoms with Crippen molar-refractivity contribution in [1.29, 1.82) is 0 Å². The molecule has 1 N–H and O–H groups in total. The van der Waals surface area contributed by atoms with E-state index in [1.807, 2.05) is 35.2 Å². The monoisotopic (exact) mass is 312 g/mol. The van der Waals surface area contributed by atoms with E-state index in [0.29, 0.717) is 6.04 Å². The fourth-order valence-corrected chi connectivity index (χ4v) is 4.93. The van der Waals surface area contributed by atoms with Crippen molar-refractivity contribution < 1.29 is 4.79 Å². The first-order chi connectivity index (χ1) is 11.3. The van der Waals surface area contributed by atoms with E-state index in [4.69, 9.17) is 0 Å². The van der Waals surface area contributed by atoms with Crippen LogP contribution in [0.5, 0.6) is 0 Å². The van der Waals surface area contributed by atoms with E-state index in [2.05, 4.69) is 5.32 Å². The van der Waals surface area contributed by atoms with E-state index >= 15 is 0 Å². The van der Waals surface area contributed by atoms with Crippen LogP contribution in [0.1, 0.15) is 55.3 Å². The van der Waals surface area contributed by atoms with Crippen molar-refractivity contribution in [3.8, 4) is 0 Å². The summed E-state index contributed by atoms with van der Waals surface area (Å²) in [4.78, 5) is 14.5. The van der Waals surface area contributed by atoms with Gasteiger partial charge in [-0.25, -0.2) is 0 Å². The van der Waals surface area contributed by atoms with Gasteiger partial charge in [0.2, 0.25) is 0 Å². The molecule has 0 aromatic heterocycles. The van der Waals surface area contributed by atoms with Crippen LogP contribution in [0.15, 0.2) is 30.3 Å². The predicted molar refractivity (Wildman–Crippen MR) is 92.4 cm³/mol. The topological polar surface area (TPSA) is 32.3 Å². The highest BCUT2D eigenvalue weighted by molar-refractivity contribution is 5.94. The van der Waals surface area contributed by atoms with Crippen LogP contribution >= 0.6 is 0 Å². The maximum absolute atomic E-state index is 12.5. The largest absolute Gasteiger partial charge is 0.339 e. The lowest BCUT2D eigenvalue weighted by Gasteiger charge is -2.37. The van der Waals surface area contributed by atoms with Gasteiger partial charge >= 0.3 is 0 Å². The zero-order valence-electron chi connectivity index (χ0n) is 13.9. The van der Waals surface area contributed by atoms with Gasteiger partial charge in [0, 0.05) is 30.7 Å². The minimum absolute atomic E-state index is 0.195. The summed E-state index contributed by atoms with van der Waals surface area (Å²) in [5.41, 5.74) is 0.822. The first-order valence-corrected chi connectivity index (χ1v) is 9.40. The average Bonchev–Trinajstić information content (AvgIpc) is 3.01. The Balaban J connectivity index is 1.28. The number of fused-ring (bicyclic) bond motifs is 2. The molecule has 3 aliphatic rings. The molecule has 3 unspecified atom stereocenters. The van der Waals surface area contributed by atoms with E-state index in [9.17, 15) is 4.79 Å². The molecule has 0 spiro atoms. The van der Waals surface area contributed by atoms with Gasteiger partial charge in [0.15, 0.2) is 0 Å². The lowest BCUT2D eigenvalue weighted by atomic mass is 9.84. The number of likely N-dealkylation sites (tertiary alicyclic amines) is 1. The van der Waals surface area contributed by atoms with Gasteiger partial charge in [0.1, 0.15) is 0 Å². The van der Waals surface area contributed by atoms with Gasteiger partial charge in [-0.15, -0.1) is 0 Å². The van der Waals surface area contributed by atoms with Crippen LogP contribution in [0.2, 0.25) is 0 Å². The molecule has 3 nitrogen and oxygen atoms in total. The molecule has 3 fully saturated rings. The Hall–Kier alpha value is -1.35. The molecule has 1 aromatic rings. The Bertz CT molecular complexity index is 536. The molecule has 4 rings (SSSR count). The molecule has 3 atom stereocenters. The third-order valence-corrected chi connectivity index (χ3v) is 6.29. The summed E-state index contributed by atoms with van der Waals surface area (Å²) >= 11 is 0. The molecule has 23 heavy (non-hydrogen) atoms. The van der Waals surface area contributed by atoms with Crippen LogP contribution < -0.4 is 5.32 Å². The molecular formula is C20H28N2O. The molecule has 1 saturated heterocycles. The number of nitrogens with zero attached hydrogens (tertiary/aromatic N) is 1. The second-order valence-corrected chi connectivity index (χ2v) is 7.72. The van der Waals surface area contributed by atoms with Crippen molar-refractivity contribution in [2.24, 2.45) is 11.8 Å². The number of hydrogen-bond acceptors (Lipinski definition) is 2. The second-order valence-electron chi connectivity index (χ2n) is 7.72. The molecule has 1 heterocycles. The SMILES string of the molecule is O=C(c1ccccc1)N1CCC(NC2CCC3CCC2C3)CC1. The summed E-state index contributed by atoms with van der Waals surface area (Å²) in [6.45, 7) is 1.79. The molecular weight excluding hydrogens is 284 g/mol. The lowest BCUT2D eigenvalue weighted by Crippen LogP contribution is -2.50. The first-order valence-electron chi connectivity index (χ1n) is 9.40. The summed E-state index contributed by atoms with van der Waals surface area (Å²) in [6, 6.07) is 11.0. The van der Waals surface area contributed by atoms with Gasteiger partial charge in [-0.05, 0) is 62.5 Å². The number of amides is 1. The number of nitrogens with one attached hydrogen (secondary N) is 1. The first kappa shape index (κ1) is 15.2. The number of benzene rings is 1. The van der Waals surface area contributed by atoms with E-state index in [0.717, 1.165) is 49.4 Å². The number of carbonyl (C=O) groups excluding carboxylic acids is 1. The van der Waals surface area contributed by atoms with Crippen LogP contribution in [0.25, 0.3) is 0 Å². The summed E-state index contributed by atoms with van der Waals surface area (Å²) in [6.07, 6.45) is 9.37. The maximum atomic E-state index is 12.5. The van der Waals surface area contributed by atoms with Gasteiger partial charge < -0.3 is 10.2 Å². The number of rotatable bonds is 3. The van der Waals surface area contributed by atoms with E-state index in [-0.39, 0.29) is 5.91 Å². The summed E-state index contributed by atoms with van der Waals surface area (Å²) in [7, 11) is 0. The molecule has 2 saturated carbocycles.